The molecule has 0 fully saturated rings. The highest BCUT2D eigenvalue weighted by atomic mass is 35.5. The minimum atomic E-state index is -1.05. The number of hydrogen-bond acceptors (Lipinski definition) is 3. The number of halogens is 1. The Labute approximate surface area is 73.7 Å². The lowest BCUT2D eigenvalue weighted by atomic mass is 10.3. The standard InChI is InChI=1S/C6H8ClN3O2/c7-4-1-9-10(2-4)3-5(8)6(11)12/h1-2,5H,3,8H2,(H,11,12)/t5-/m0/s1. The molecule has 1 aromatic heterocycles. The van der Waals surface area contributed by atoms with Crippen molar-refractivity contribution in [2.75, 3.05) is 0 Å². The number of nitrogens with two attached hydrogens (primary N) is 1. The zero-order valence-electron chi connectivity index (χ0n) is 6.14. The van der Waals surface area contributed by atoms with Crippen molar-refractivity contribution < 1.29 is 9.90 Å². The molecule has 66 valence electrons. The molecule has 0 bridgehead atoms. The molecule has 0 aliphatic heterocycles. The quantitative estimate of drug-likeness (QED) is 0.699. The van der Waals surface area contributed by atoms with Crippen molar-refractivity contribution in [1.29, 1.82) is 0 Å². The van der Waals surface area contributed by atoms with Gasteiger partial charge in [0, 0.05) is 6.20 Å². The molecule has 6 heteroatoms. The summed E-state index contributed by atoms with van der Waals surface area (Å²) >= 11 is 5.55. The molecule has 0 unspecified atom stereocenters. The minimum Gasteiger partial charge on any atom is -0.480 e. The van der Waals surface area contributed by atoms with E-state index >= 15 is 0 Å². The Morgan fingerprint density at radius 2 is 2.58 bits per heavy atom. The number of aromatic nitrogens is 2. The van der Waals surface area contributed by atoms with Gasteiger partial charge in [0.05, 0.1) is 17.8 Å². The minimum absolute atomic E-state index is 0.127. The van der Waals surface area contributed by atoms with Gasteiger partial charge < -0.3 is 10.8 Å². The summed E-state index contributed by atoms with van der Waals surface area (Å²) in [5.41, 5.74) is 5.25. The number of carboxylic acid groups (broad SMARTS) is 1. The summed E-state index contributed by atoms with van der Waals surface area (Å²) in [6.45, 7) is 0.127. The van der Waals surface area contributed by atoms with E-state index in [1.807, 2.05) is 0 Å². The first-order valence-corrected chi connectivity index (χ1v) is 3.63. The van der Waals surface area contributed by atoms with Gasteiger partial charge in [0.15, 0.2) is 0 Å². The maximum Gasteiger partial charge on any atom is 0.322 e. The Kier molecular flexibility index (Phi) is 2.67. The van der Waals surface area contributed by atoms with Gasteiger partial charge in [-0.2, -0.15) is 5.10 Å². The topological polar surface area (TPSA) is 81.1 Å². The third-order valence-electron chi connectivity index (χ3n) is 1.30. The largest absolute Gasteiger partial charge is 0.480 e. The Hall–Kier alpha value is -1.07. The fourth-order valence-corrected chi connectivity index (χ4v) is 0.874. The molecule has 1 atom stereocenters. The fourth-order valence-electron chi connectivity index (χ4n) is 0.718. The molecule has 0 aliphatic rings. The van der Waals surface area contributed by atoms with E-state index in [2.05, 4.69) is 5.10 Å². The highest BCUT2D eigenvalue weighted by Gasteiger charge is 2.11. The number of aliphatic carboxylic acids is 1. The van der Waals surface area contributed by atoms with Crippen molar-refractivity contribution in [3.05, 3.63) is 17.4 Å². The number of carboxylic acids is 1. The van der Waals surface area contributed by atoms with E-state index in [4.69, 9.17) is 22.4 Å². The Morgan fingerprint density at radius 3 is 3.00 bits per heavy atom. The first-order valence-electron chi connectivity index (χ1n) is 3.26. The predicted molar refractivity (Wildman–Crippen MR) is 42.8 cm³/mol. The van der Waals surface area contributed by atoms with Crippen LogP contribution in [0.25, 0.3) is 0 Å². The van der Waals surface area contributed by atoms with Crippen LogP contribution in [0, 0.1) is 0 Å². The van der Waals surface area contributed by atoms with Gasteiger partial charge in [-0.15, -0.1) is 0 Å². The molecule has 0 spiro atoms. The highest BCUT2D eigenvalue weighted by molar-refractivity contribution is 6.30. The summed E-state index contributed by atoms with van der Waals surface area (Å²) in [7, 11) is 0. The summed E-state index contributed by atoms with van der Waals surface area (Å²) in [6, 6.07) is -0.944. The van der Waals surface area contributed by atoms with Crippen LogP contribution in [0.5, 0.6) is 0 Å². The third kappa shape index (κ3) is 2.21. The molecule has 1 aromatic rings. The second-order valence-corrected chi connectivity index (χ2v) is 2.76. The zero-order chi connectivity index (χ0) is 9.14. The van der Waals surface area contributed by atoms with Crippen LogP contribution in [0.15, 0.2) is 12.4 Å². The molecule has 5 nitrogen and oxygen atoms in total. The third-order valence-corrected chi connectivity index (χ3v) is 1.50. The Bertz CT molecular complexity index is 286. The molecule has 0 radical (unpaired) electrons. The van der Waals surface area contributed by atoms with E-state index in [0.29, 0.717) is 5.02 Å². The second-order valence-electron chi connectivity index (χ2n) is 2.33. The maximum atomic E-state index is 10.3. The van der Waals surface area contributed by atoms with Gasteiger partial charge in [0.1, 0.15) is 6.04 Å². The molecule has 0 saturated heterocycles. The molecule has 12 heavy (non-hydrogen) atoms. The number of nitrogens with zero attached hydrogens (tertiary/aromatic N) is 2. The van der Waals surface area contributed by atoms with E-state index < -0.39 is 12.0 Å². The van der Waals surface area contributed by atoms with Crippen molar-refractivity contribution in [2.24, 2.45) is 5.73 Å². The van der Waals surface area contributed by atoms with Crippen LogP contribution in [-0.2, 0) is 11.3 Å². The van der Waals surface area contributed by atoms with Crippen LogP contribution in [0.4, 0.5) is 0 Å². The Balaban J connectivity index is 2.58. The first-order chi connectivity index (χ1) is 5.59. The van der Waals surface area contributed by atoms with Crippen molar-refractivity contribution >= 4 is 17.6 Å². The van der Waals surface area contributed by atoms with Crippen LogP contribution in [0.1, 0.15) is 0 Å². The van der Waals surface area contributed by atoms with Crippen LogP contribution in [0.2, 0.25) is 5.02 Å². The fraction of sp³-hybridized carbons (Fsp3) is 0.333. The van der Waals surface area contributed by atoms with Crippen LogP contribution < -0.4 is 5.73 Å². The normalized spacial score (nSPS) is 12.8. The molecule has 1 heterocycles. The Morgan fingerprint density at radius 1 is 1.92 bits per heavy atom. The summed E-state index contributed by atoms with van der Waals surface area (Å²) < 4.78 is 1.39. The van der Waals surface area contributed by atoms with Gasteiger partial charge in [-0.1, -0.05) is 11.6 Å². The average molecular weight is 190 g/mol. The molecule has 0 aromatic carbocycles. The van der Waals surface area contributed by atoms with Crippen LogP contribution in [0.3, 0.4) is 0 Å². The average Bonchev–Trinajstić information content (AvgIpc) is 2.35. The van der Waals surface area contributed by atoms with E-state index in [-0.39, 0.29) is 6.54 Å². The SMILES string of the molecule is N[C@@H](Cn1cc(Cl)cn1)C(=O)O. The number of hydrogen-bond donors (Lipinski definition) is 2. The predicted octanol–water partition coefficient (Wildman–Crippen LogP) is -0.0516. The van der Waals surface area contributed by atoms with Gasteiger partial charge >= 0.3 is 5.97 Å². The van der Waals surface area contributed by atoms with Gasteiger partial charge in [0.2, 0.25) is 0 Å². The summed E-state index contributed by atoms with van der Waals surface area (Å²) in [4.78, 5) is 10.3. The lowest BCUT2D eigenvalue weighted by molar-refractivity contribution is -0.138. The first kappa shape index (κ1) is 9.02. The highest BCUT2D eigenvalue weighted by Crippen LogP contribution is 2.04. The van der Waals surface area contributed by atoms with Gasteiger partial charge in [0.25, 0.3) is 0 Å². The number of carbonyl (C=O) groups is 1. The van der Waals surface area contributed by atoms with Crippen molar-refractivity contribution in [2.45, 2.75) is 12.6 Å². The summed E-state index contributed by atoms with van der Waals surface area (Å²) in [5, 5.41) is 12.7. The molecule has 0 aliphatic carbocycles. The second kappa shape index (κ2) is 3.55. The van der Waals surface area contributed by atoms with Gasteiger partial charge in [-0.3, -0.25) is 9.48 Å². The molecule has 0 amide bonds. The van der Waals surface area contributed by atoms with Crippen LogP contribution in [-0.4, -0.2) is 26.9 Å². The van der Waals surface area contributed by atoms with Crippen molar-refractivity contribution in [3.63, 3.8) is 0 Å². The van der Waals surface area contributed by atoms with Crippen LogP contribution >= 0.6 is 11.6 Å². The summed E-state index contributed by atoms with van der Waals surface area (Å²) in [6.07, 6.45) is 2.94. The molecular weight excluding hydrogens is 182 g/mol. The van der Waals surface area contributed by atoms with Crippen molar-refractivity contribution in [1.82, 2.24) is 9.78 Å². The van der Waals surface area contributed by atoms with E-state index in [1.54, 1.807) is 0 Å². The molecule has 1 rings (SSSR count). The van der Waals surface area contributed by atoms with Gasteiger partial charge in [-0.05, 0) is 0 Å². The van der Waals surface area contributed by atoms with E-state index in [9.17, 15) is 4.79 Å². The van der Waals surface area contributed by atoms with Crippen molar-refractivity contribution in [3.8, 4) is 0 Å². The van der Waals surface area contributed by atoms with E-state index in [0.717, 1.165) is 0 Å². The van der Waals surface area contributed by atoms with E-state index in [1.165, 1.54) is 17.1 Å². The molecule has 0 saturated carbocycles. The maximum absolute atomic E-state index is 10.3. The lowest BCUT2D eigenvalue weighted by Gasteiger charge is -2.04. The molecular formula is C6H8ClN3O2. The monoisotopic (exact) mass is 189 g/mol. The summed E-state index contributed by atoms with van der Waals surface area (Å²) in [5.74, 6) is -1.05. The zero-order valence-corrected chi connectivity index (χ0v) is 6.90. The lowest BCUT2D eigenvalue weighted by Crippen LogP contribution is -2.34. The van der Waals surface area contributed by atoms with Gasteiger partial charge in [-0.25, -0.2) is 0 Å². The smallest absolute Gasteiger partial charge is 0.322 e. The molecule has 3 N–H and O–H groups in total. The number of rotatable bonds is 3.